The SMILES string of the molecule is CN(C)CC1CCN(c2ccc(C(=O)O)s2)CC1. The Labute approximate surface area is 112 Å². The fourth-order valence-electron chi connectivity index (χ4n) is 2.46. The highest BCUT2D eigenvalue weighted by atomic mass is 32.1. The third kappa shape index (κ3) is 3.23. The summed E-state index contributed by atoms with van der Waals surface area (Å²) >= 11 is 1.38. The van der Waals surface area contributed by atoms with E-state index in [-0.39, 0.29) is 0 Å². The van der Waals surface area contributed by atoms with Gasteiger partial charge in [-0.1, -0.05) is 0 Å². The molecule has 0 aliphatic carbocycles. The fraction of sp³-hybridized carbons (Fsp3) is 0.615. The molecule has 2 heterocycles. The first kappa shape index (κ1) is 13.4. The van der Waals surface area contributed by atoms with E-state index in [2.05, 4.69) is 23.9 Å². The number of nitrogens with zero attached hydrogens (tertiary/aromatic N) is 2. The highest BCUT2D eigenvalue weighted by molar-refractivity contribution is 7.17. The van der Waals surface area contributed by atoms with Crippen LogP contribution in [0.1, 0.15) is 22.5 Å². The minimum atomic E-state index is -0.825. The Morgan fingerprint density at radius 1 is 1.44 bits per heavy atom. The highest BCUT2D eigenvalue weighted by Crippen LogP contribution is 2.30. The van der Waals surface area contributed by atoms with Gasteiger partial charge in [-0.05, 0) is 45.0 Å². The second-order valence-corrected chi connectivity index (χ2v) is 6.20. The van der Waals surface area contributed by atoms with Crippen molar-refractivity contribution >= 4 is 22.3 Å². The molecule has 1 fully saturated rings. The minimum Gasteiger partial charge on any atom is -0.477 e. The average Bonchev–Trinajstić information content (AvgIpc) is 2.78. The number of hydrogen-bond acceptors (Lipinski definition) is 4. The molecule has 0 aromatic carbocycles. The molecule has 2 rings (SSSR count). The number of aromatic carboxylic acids is 1. The van der Waals surface area contributed by atoms with E-state index in [4.69, 9.17) is 5.11 Å². The van der Waals surface area contributed by atoms with Crippen LogP contribution in [-0.2, 0) is 0 Å². The average molecular weight is 268 g/mol. The number of hydrogen-bond donors (Lipinski definition) is 1. The lowest BCUT2D eigenvalue weighted by Gasteiger charge is -2.33. The Balaban J connectivity index is 1.90. The molecule has 4 nitrogen and oxygen atoms in total. The van der Waals surface area contributed by atoms with Crippen LogP contribution in [0.25, 0.3) is 0 Å². The van der Waals surface area contributed by atoms with Gasteiger partial charge in [0, 0.05) is 19.6 Å². The van der Waals surface area contributed by atoms with E-state index in [0.29, 0.717) is 4.88 Å². The maximum Gasteiger partial charge on any atom is 0.345 e. The number of carboxylic acids is 1. The minimum absolute atomic E-state index is 0.431. The molecule has 1 aromatic heterocycles. The van der Waals surface area contributed by atoms with E-state index in [0.717, 1.165) is 30.6 Å². The van der Waals surface area contributed by atoms with E-state index in [9.17, 15) is 4.79 Å². The summed E-state index contributed by atoms with van der Waals surface area (Å²) in [6.45, 7) is 3.23. The summed E-state index contributed by atoms with van der Waals surface area (Å²) in [5, 5.41) is 10.0. The largest absolute Gasteiger partial charge is 0.477 e. The number of carboxylic acid groups (broad SMARTS) is 1. The van der Waals surface area contributed by atoms with Crippen LogP contribution in [0.5, 0.6) is 0 Å². The second-order valence-electron chi connectivity index (χ2n) is 5.14. The monoisotopic (exact) mass is 268 g/mol. The summed E-state index contributed by atoms with van der Waals surface area (Å²) < 4.78 is 0. The van der Waals surface area contributed by atoms with Crippen LogP contribution in [0.4, 0.5) is 5.00 Å². The first-order valence-corrected chi connectivity index (χ1v) is 7.10. The molecule has 1 aliphatic rings. The molecule has 1 saturated heterocycles. The van der Waals surface area contributed by atoms with E-state index in [1.54, 1.807) is 6.07 Å². The molecule has 0 bridgehead atoms. The molecule has 1 N–H and O–H groups in total. The maximum absolute atomic E-state index is 10.9. The van der Waals surface area contributed by atoms with Crippen molar-refractivity contribution in [2.24, 2.45) is 5.92 Å². The van der Waals surface area contributed by atoms with Gasteiger partial charge in [0.1, 0.15) is 4.88 Å². The van der Waals surface area contributed by atoms with Crippen molar-refractivity contribution in [2.45, 2.75) is 12.8 Å². The number of rotatable bonds is 4. The van der Waals surface area contributed by atoms with Gasteiger partial charge in [0.15, 0.2) is 0 Å². The zero-order chi connectivity index (χ0) is 13.1. The van der Waals surface area contributed by atoms with E-state index in [1.165, 1.54) is 24.2 Å². The molecular formula is C13H20N2O2S. The fourth-order valence-corrected chi connectivity index (χ4v) is 3.36. The standard InChI is InChI=1S/C13H20N2O2S/c1-14(2)9-10-5-7-15(8-6-10)12-4-3-11(18-12)13(16)17/h3-4,10H,5-9H2,1-2H3,(H,16,17). The first-order valence-electron chi connectivity index (χ1n) is 6.29. The summed E-state index contributed by atoms with van der Waals surface area (Å²) in [7, 11) is 4.23. The lowest BCUT2D eigenvalue weighted by molar-refractivity contribution is 0.0702. The summed E-state index contributed by atoms with van der Waals surface area (Å²) in [5.74, 6) is -0.0519. The van der Waals surface area contributed by atoms with Gasteiger partial charge in [0.2, 0.25) is 0 Å². The van der Waals surface area contributed by atoms with Gasteiger partial charge < -0.3 is 14.9 Å². The molecular weight excluding hydrogens is 248 g/mol. The van der Waals surface area contributed by atoms with E-state index >= 15 is 0 Å². The first-order chi connectivity index (χ1) is 8.56. The summed E-state index contributed by atoms with van der Waals surface area (Å²) in [6, 6.07) is 3.63. The number of carbonyl (C=O) groups is 1. The van der Waals surface area contributed by atoms with Crippen molar-refractivity contribution in [1.29, 1.82) is 0 Å². The van der Waals surface area contributed by atoms with Crippen LogP contribution in [-0.4, -0.2) is 49.7 Å². The van der Waals surface area contributed by atoms with Gasteiger partial charge in [-0.2, -0.15) is 0 Å². The van der Waals surface area contributed by atoms with Crippen molar-refractivity contribution < 1.29 is 9.90 Å². The zero-order valence-corrected chi connectivity index (χ0v) is 11.7. The Kier molecular flexibility index (Phi) is 4.24. The molecule has 1 aliphatic heterocycles. The predicted molar refractivity (Wildman–Crippen MR) is 74.8 cm³/mol. The van der Waals surface area contributed by atoms with Crippen LogP contribution < -0.4 is 4.90 Å². The van der Waals surface area contributed by atoms with Gasteiger partial charge in [0.25, 0.3) is 0 Å². The molecule has 5 heteroatoms. The lowest BCUT2D eigenvalue weighted by Crippen LogP contribution is -2.36. The second kappa shape index (κ2) is 5.71. The number of anilines is 1. The Bertz CT molecular complexity index is 409. The summed E-state index contributed by atoms with van der Waals surface area (Å²) in [6.07, 6.45) is 2.39. The van der Waals surface area contributed by atoms with Crippen molar-refractivity contribution in [3.05, 3.63) is 17.0 Å². The van der Waals surface area contributed by atoms with Crippen LogP contribution >= 0.6 is 11.3 Å². The molecule has 18 heavy (non-hydrogen) atoms. The molecule has 0 saturated carbocycles. The van der Waals surface area contributed by atoms with Gasteiger partial charge in [-0.15, -0.1) is 11.3 Å². The van der Waals surface area contributed by atoms with Crippen molar-refractivity contribution in [3.8, 4) is 0 Å². The van der Waals surface area contributed by atoms with Crippen molar-refractivity contribution in [1.82, 2.24) is 4.90 Å². The molecule has 100 valence electrons. The van der Waals surface area contributed by atoms with Gasteiger partial charge in [-0.25, -0.2) is 4.79 Å². The van der Waals surface area contributed by atoms with Gasteiger partial charge >= 0.3 is 5.97 Å². The topological polar surface area (TPSA) is 43.8 Å². The lowest BCUT2D eigenvalue weighted by atomic mass is 9.96. The highest BCUT2D eigenvalue weighted by Gasteiger charge is 2.21. The Morgan fingerprint density at radius 2 is 2.11 bits per heavy atom. The normalized spacial score (nSPS) is 17.4. The summed E-state index contributed by atoms with van der Waals surface area (Å²) in [4.78, 5) is 15.8. The number of piperidine rings is 1. The Morgan fingerprint density at radius 3 is 2.61 bits per heavy atom. The van der Waals surface area contributed by atoms with Crippen molar-refractivity contribution in [2.75, 3.05) is 38.6 Å². The van der Waals surface area contributed by atoms with Crippen LogP contribution in [0.3, 0.4) is 0 Å². The van der Waals surface area contributed by atoms with E-state index in [1.807, 2.05) is 6.07 Å². The third-order valence-corrected chi connectivity index (χ3v) is 4.49. The maximum atomic E-state index is 10.9. The predicted octanol–water partition coefficient (Wildman–Crippen LogP) is 2.22. The zero-order valence-electron chi connectivity index (χ0n) is 10.9. The molecule has 0 amide bonds. The molecule has 0 radical (unpaired) electrons. The van der Waals surface area contributed by atoms with Gasteiger partial charge in [0.05, 0.1) is 5.00 Å². The van der Waals surface area contributed by atoms with E-state index < -0.39 is 5.97 Å². The van der Waals surface area contributed by atoms with Crippen LogP contribution in [0, 0.1) is 5.92 Å². The molecule has 1 aromatic rings. The van der Waals surface area contributed by atoms with Crippen molar-refractivity contribution in [3.63, 3.8) is 0 Å². The third-order valence-electron chi connectivity index (χ3n) is 3.35. The molecule has 0 unspecified atom stereocenters. The molecule has 0 spiro atoms. The Hall–Kier alpha value is -1.07. The number of thiophene rings is 1. The van der Waals surface area contributed by atoms with Crippen LogP contribution in [0.2, 0.25) is 0 Å². The van der Waals surface area contributed by atoms with Gasteiger partial charge in [-0.3, -0.25) is 0 Å². The smallest absolute Gasteiger partial charge is 0.345 e. The quantitative estimate of drug-likeness (QED) is 0.909. The summed E-state index contributed by atoms with van der Waals surface area (Å²) in [5.41, 5.74) is 0. The van der Waals surface area contributed by atoms with Crippen LogP contribution in [0.15, 0.2) is 12.1 Å². The molecule has 0 atom stereocenters.